The van der Waals surface area contributed by atoms with E-state index in [-0.39, 0.29) is 11.4 Å². The Balaban J connectivity index is 3.56. The summed E-state index contributed by atoms with van der Waals surface area (Å²) in [5, 5.41) is 2.46. The molecule has 0 radical (unpaired) electrons. The van der Waals surface area contributed by atoms with Gasteiger partial charge in [-0.1, -0.05) is 0 Å². The summed E-state index contributed by atoms with van der Waals surface area (Å²) in [6.45, 7) is 0. The van der Waals surface area contributed by atoms with Crippen molar-refractivity contribution in [2.45, 2.75) is 6.18 Å². The normalized spacial score (nSPS) is 11.5. The number of nitrogen functional groups attached to an aromatic ring is 1. The molecule has 0 saturated carbocycles. The SMILES string of the molecule is CNc1c(N)cc(C(F)(F)F)n(C)c1=O. The lowest BCUT2D eigenvalue weighted by molar-refractivity contribution is -0.143. The molecule has 4 nitrogen and oxygen atoms in total. The molecule has 0 atom stereocenters. The molecule has 0 spiro atoms. The van der Waals surface area contributed by atoms with Crippen LogP contribution in [0.4, 0.5) is 24.5 Å². The molecule has 0 aliphatic heterocycles. The second kappa shape index (κ2) is 3.48. The van der Waals surface area contributed by atoms with Gasteiger partial charge in [0.05, 0.1) is 5.69 Å². The molecule has 1 aromatic rings. The largest absolute Gasteiger partial charge is 0.431 e. The molecule has 0 unspecified atom stereocenters. The fourth-order valence-corrected chi connectivity index (χ4v) is 1.24. The van der Waals surface area contributed by atoms with Crippen LogP contribution in [0.25, 0.3) is 0 Å². The predicted molar refractivity (Wildman–Crippen MR) is 50.6 cm³/mol. The molecule has 1 heterocycles. The van der Waals surface area contributed by atoms with E-state index in [1.807, 2.05) is 0 Å². The highest BCUT2D eigenvalue weighted by Crippen LogP contribution is 2.30. The van der Waals surface area contributed by atoms with Crippen molar-refractivity contribution in [1.29, 1.82) is 0 Å². The van der Waals surface area contributed by atoms with Gasteiger partial charge in [-0.2, -0.15) is 13.2 Å². The fraction of sp³-hybridized carbons (Fsp3) is 0.375. The third-order valence-electron chi connectivity index (χ3n) is 2.00. The zero-order chi connectivity index (χ0) is 11.8. The molecule has 1 rings (SSSR count). The van der Waals surface area contributed by atoms with E-state index < -0.39 is 17.4 Å². The van der Waals surface area contributed by atoms with Gasteiger partial charge in [0.25, 0.3) is 5.56 Å². The van der Waals surface area contributed by atoms with Crippen molar-refractivity contribution in [3.05, 3.63) is 22.1 Å². The van der Waals surface area contributed by atoms with E-state index in [0.29, 0.717) is 4.57 Å². The van der Waals surface area contributed by atoms with Crippen LogP contribution >= 0.6 is 0 Å². The van der Waals surface area contributed by atoms with Crippen LogP contribution < -0.4 is 16.6 Å². The first-order valence-corrected chi connectivity index (χ1v) is 4.03. The van der Waals surface area contributed by atoms with Gasteiger partial charge in [-0.15, -0.1) is 0 Å². The average Bonchev–Trinajstić information content (AvgIpc) is 2.10. The number of hydrogen-bond donors (Lipinski definition) is 2. The van der Waals surface area contributed by atoms with Gasteiger partial charge in [-0.25, -0.2) is 0 Å². The molecule has 0 aliphatic carbocycles. The van der Waals surface area contributed by atoms with Crippen LogP contribution in [0.15, 0.2) is 10.9 Å². The van der Waals surface area contributed by atoms with Crippen LogP contribution in [0.2, 0.25) is 0 Å². The highest BCUT2D eigenvalue weighted by atomic mass is 19.4. The first kappa shape index (κ1) is 11.4. The van der Waals surface area contributed by atoms with E-state index in [2.05, 4.69) is 5.32 Å². The Morgan fingerprint density at radius 3 is 2.40 bits per heavy atom. The first-order chi connectivity index (χ1) is 6.79. The summed E-state index contributed by atoms with van der Waals surface area (Å²) in [7, 11) is 2.46. The smallest absolute Gasteiger partial charge is 0.397 e. The number of rotatable bonds is 1. The Morgan fingerprint density at radius 1 is 1.47 bits per heavy atom. The minimum atomic E-state index is -4.59. The van der Waals surface area contributed by atoms with E-state index in [1.165, 1.54) is 7.05 Å². The molecule has 84 valence electrons. The number of nitrogens with one attached hydrogen (secondary N) is 1. The van der Waals surface area contributed by atoms with Crippen molar-refractivity contribution < 1.29 is 13.2 Å². The summed E-state index contributed by atoms with van der Waals surface area (Å²) in [5.41, 5.74) is 3.20. The quantitative estimate of drug-likeness (QED) is 0.744. The topological polar surface area (TPSA) is 60.0 Å². The molecule has 0 aliphatic rings. The van der Waals surface area contributed by atoms with Gasteiger partial charge in [0.2, 0.25) is 0 Å². The first-order valence-electron chi connectivity index (χ1n) is 4.03. The lowest BCUT2D eigenvalue weighted by Crippen LogP contribution is -2.28. The average molecular weight is 221 g/mol. The van der Waals surface area contributed by atoms with Gasteiger partial charge < -0.3 is 15.6 Å². The second-order valence-corrected chi connectivity index (χ2v) is 2.97. The number of nitrogens with two attached hydrogens (primary N) is 1. The van der Waals surface area contributed by atoms with E-state index in [4.69, 9.17) is 5.73 Å². The van der Waals surface area contributed by atoms with Gasteiger partial charge in [-0.3, -0.25) is 4.79 Å². The number of alkyl halides is 3. The van der Waals surface area contributed by atoms with Crippen molar-refractivity contribution in [3.63, 3.8) is 0 Å². The molecule has 3 N–H and O–H groups in total. The van der Waals surface area contributed by atoms with Crippen LogP contribution in [0.5, 0.6) is 0 Å². The summed E-state index contributed by atoms with van der Waals surface area (Å²) in [5.74, 6) is 0. The Hall–Kier alpha value is -1.66. The molecule has 0 aromatic carbocycles. The predicted octanol–water partition coefficient (Wildman–Crippen LogP) is 1.03. The van der Waals surface area contributed by atoms with Crippen molar-refractivity contribution in [3.8, 4) is 0 Å². The van der Waals surface area contributed by atoms with Crippen molar-refractivity contribution >= 4 is 11.4 Å². The third kappa shape index (κ3) is 1.90. The van der Waals surface area contributed by atoms with Crippen molar-refractivity contribution in [2.24, 2.45) is 7.05 Å². The van der Waals surface area contributed by atoms with Crippen LogP contribution in [0, 0.1) is 0 Å². The van der Waals surface area contributed by atoms with E-state index in [0.717, 1.165) is 13.1 Å². The van der Waals surface area contributed by atoms with Crippen LogP contribution in [0.1, 0.15) is 5.69 Å². The number of nitrogens with zero attached hydrogens (tertiary/aromatic N) is 1. The van der Waals surface area contributed by atoms with Crippen molar-refractivity contribution in [1.82, 2.24) is 4.57 Å². The Morgan fingerprint density at radius 2 is 2.00 bits per heavy atom. The minimum absolute atomic E-state index is 0.0366. The maximum absolute atomic E-state index is 12.4. The Bertz CT molecular complexity index is 436. The Labute approximate surface area is 83.5 Å². The number of pyridine rings is 1. The van der Waals surface area contributed by atoms with Crippen molar-refractivity contribution in [2.75, 3.05) is 18.1 Å². The summed E-state index contributed by atoms with van der Waals surface area (Å²) in [6.07, 6.45) is -4.59. The minimum Gasteiger partial charge on any atom is -0.397 e. The number of aromatic nitrogens is 1. The lowest BCUT2D eigenvalue weighted by atomic mass is 10.2. The molecule has 0 amide bonds. The van der Waals surface area contributed by atoms with Gasteiger partial charge in [0.1, 0.15) is 11.4 Å². The highest BCUT2D eigenvalue weighted by Gasteiger charge is 2.34. The number of halogens is 3. The zero-order valence-corrected chi connectivity index (χ0v) is 8.14. The molecule has 0 bridgehead atoms. The van der Waals surface area contributed by atoms with Gasteiger partial charge in [-0.05, 0) is 6.07 Å². The number of anilines is 2. The molecule has 15 heavy (non-hydrogen) atoms. The van der Waals surface area contributed by atoms with Gasteiger partial charge in [0.15, 0.2) is 0 Å². The summed E-state index contributed by atoms with van der Waals surface area (Å²) >= 11 is 0. The highest BCUT2D eigenvalue weighted by molar-refractivity contribution is 5.65. The maximum Gasteiger partial charge on any atom is 0.431 e. The Kier molecular flexibility index (Phi) is 2.65. The molecule has 1 aromatic heterocycles. The molecule has 0 fully saturated rings. The zero-order valence-electron chi connectivity index (χ0n) is 8.14. The molecule has 0 saturated heterocycles. The number of hydrogen-bond acceptors (Lipinski definition) is 3. The molecular formula is C8H10F3N3O. The maximum atomic E-state index is 12.4. The van der Waals surface area contributed by atoms with E-state index in [9.17, 15) is 18.0 Å². The summed E-state index contributed by atoms with van der Waals surface area (Å²) in [6, 6.07) is 0.729. The molecule has 7 heteroatoms. The standard InChI is InChI=1S/C8H10F3N3O/c1-13-6-4(12)3-5(8(9,10)11)14(2)7(6)15/h3,13H,12H2,1-2H3. The van der Waals surface area contributed by atoms with Gasteiger partial charge in [0, 0.05) is 14.1 Å². The second-order valence-electron chi connectivity index (χ2n) is 2.97. The lowest BCUT2D eigenvalue weighted by Gasteiger charge is -2.14. The third-order valence-corrected chi connectivity index (χ3v) is 2.00. The van der Waals surface area contributed by atoms with Crippen LogP contribution in [-0.2, 0) is 13.2 Å². The van der Waals surface area contributed by atoms with Crippen LogP contribution in [-0.4, -0.2) is 11.6 Å². The fourth-order valence-electron chi connectivity index (χ4n) is 1.24. The van der Waals surface area contributed by atoms with Gasteiger partial charge >= 0.3 is 6.18 Å². The summed E-state index contributed by atoms with van der Waals surface area (Å²) in [4.78, 5) is 11.4. The van der Waals surface area contributed by atoms with E-state index >= 15 is 0 Å². The molecular weight excluding hydrogens is 211 g/mol. The van der Waals surface area contributed by atoms with Crippen LogP contribution in [0.3, 0.4) is 0 Å². The monoisotopic (exact) mass is 221 g/mol. The summed E-state index contributed by atoms with van der Waals surface area (Å²) < 4.78 is 37.7. The van der Waals surface area contributed by atoms with E-state index in [1.54, 1.807) is 0 Å².